The van der Waals surface area contributed by atoms with Gasteiger partial charge in [-0.25, -0.2) is 4.79 Å². The number of rotatable bonds is 1. The fourth-order valence-electron chi connectivity index (χ4n) is 2.39. The number of benzene rings is 1. The van der Waals surface area contributed by atoms with E-state index in [1.54, 1.807) is 18.2 Å². The molecule has 0 fully saturated rings. The zero-order valence-corrected chi connectivity index (χ0v) is 10.5. The molecular formula is C15H9F3O3. The second kappa shape index (κ2) is 4.51. The van der Waals surface area contributed by atoms with Crippen LogP contribution in [0.1, 0.15) is 0 Å². The third-order valence-corrected chi connectivity index (χ3v) is 3.32. The average Bonchev–Trinajstić information content (AvgIpc) is 2.44. The van der Waals surface area contributed by atoms with Gasteiger partial charge in [-0.05, 0) is 17.4 Å². The molecule has 0 saturated heterocycles. The lowest BCUT2D eigenvalue weighted by Gasteiger charge is -2.25. The minimum Gasteiger partial charge on any atom is -0.475 e. The minimum atomic E-state index is -4.46. The number of carboxylic acids is 1. The van der Waals surface area contributed by atoms with Crippen LogP contribution in [0.25, 0.3) is 11.3 Å². The Labute approximate surface area is 117 Å². The highest BCUT2D eigenvalue weighted by Gasteiger charge is 2.36. The second-order valence-corrected chi connectivity index (χ2v) is 4.63. The number of aliphatic carboxylic acids is 1. The van der Waals surface area contributed by atoms with Crippen molar-refractivity contribution in [3.8, 4) is 0 Å². The van der Waals surface area contributed by atoms with Crippen molar-refractivity contribution < 1.29 is 27.8 Å². The molecule has 1 aliphatic heterocycles. The number of carbonyl (C=O) groups is 1. The van der Waals surface area contributed by atoms with Gasteiger partial charge in [-0.15, -0.1) is 0 Å². The Morgan fingerprint density at radius 2 is 1.86 bits per heavy atom. The van der Waals surface area contributed by atoms with E-state index < -0.39 is 23.8 Å². The number of halogens is 3. The summed E-state index contributed by atoms with van der Waals surface area (Å²) in [4.78, 5) is 11.2. The van der Waals surface area contributed by atoms with Gasteiger partial charge in [0.05, 0.1) is 5.57 Å². The Hall–Kier alpha value is -2.50. The molecule has 3 rings (SSSR count). The number of hydrogen-bond donors (Lipinski definition) is 1. The van der Waals surface area contributed by atoms with Gasteiger partial charge in [-0.2, -0.15) is 13.2 Å². The van der Waals surface area contributed by atoms with Gasteiger partial charge >= 0.3 is 12.1 Å². The zero-order chi connectivity index (χ0) is 15.2. The number of hydrogen-bond acceptors (Lipinski definition) is 2. The smallest absolute Gasteiger partial charge is 0.416 e. The molecule has 108 valence electrons. The van der Waals surface area contributed by atoms with E-state index in [2.05, 4.69) is 0 Å². The Kier molecular flexibility index (Phi) is 2.90. The van der Waals surface area contributed by atoms with Gasteiger partial charge in [0, 0.05) is 10.8 Å². The van der Waals surface area contributed by atoms with E-state index in [1.807, 2.05) is 0 Å². The van der Waals surface area contributed by atoms with Gasteiger partial charge in [0.15, 0.2) is 0 Å². The first kappa shape index (κ1) is 13.5. The first-order valence-electron chi connectivity index (χ1n) is 6.08. The minimum absolute atomic E-state index is 0.257. The summed E-state index contributed by atoms with van der Waals surface area (Å²) in [7, 11) is 0. The lowest BCUT2D eigenvalue weighted by atomic mass is 9.94. The number of allylic oxidation sites excluding steroid dienone is 2. The summed E-state index contributed by atoms with van der Waals surface area (Å²) in [6, 6.07) is 6.36. The largest absolute Gasteiger partial charge is 0.475 e. The molecule has 1 aromatic carbocycles. The zero-order valence-electron chi connectivity index (χ0n) is 10.5. The molecule has 0 bridgehead atoms. The number of ether oxygens (including phenoxy) is 1. The molecule has 1 N–H and O–H groups in total. The molecule has 6 heteroatoms. The van der Waals surface area contributed by atoms with E-state index in [-0.39, 0.29) is 11.0 Å². The highest BCUT2D eigenvalue weighted by molar-refractivity contribution is 6.06. The molecule has 1 aliphatic carbocycles. The van der Waals surface area contributed by atoms with Gasteiger partial charge in [-0.1, -0.05) is 30.3 Å². The van der Waals surface area contributed by atoms with Crippen molar-refractivity contribution in [2.75, 3.05) is 0 Å². The normalized spacial score (nSPS) is 20.3. The van der Waals surface area contributed by atoms with Crippen LogP contribution in [-0.2, 0) is 9.53 Å². The third-order valence-electron chi connectivity index (χ3n) is 3.32. The van der Waals surface area contributed by atoms with Crippen molar-refractivity contribution in [2.45, 2.75) is 12.3 Å². The highest BCUT2D eigenvalue weighted by atomic mass is 19.4. The number of alkyl halides is 3. The summed E-state index contributed by atoms with van der Waals surface area (Å²) in [6.45, 7) is 0. The van der Waals surface area contributed by atoms with Crippen LogP contribution in [0.4, 0.5) is 13.2 Å². The predicted molar refractivity (Wildman–Crippen MR) is 68.3 cm³/mol. The molecule has 0 spiro atoms. The van der Waals surface area contributed by atoms with Crippen molar-refractivity contribution in [1.29, 1.82) is 0 Å². The van der Waals surface area contributed by atoms with Gasteiger partial charge in [0.1, 0.15) is 6.10 Å². The Morgan fingerprint density at radius 3 is 2.48 bits per heavy atom. The van der Waals surface area contributed by atoms with Crippen molar-refractivity contribution in [1.82, 2.24) is 0 Å². The molecule has 21 heavy (non-hydrogen) atoms. The van der Waals surface area contributed by atoms with Gasteiger partial charge in [0.25, 0.3) is 0 Å². The highest BCUT2D eigenvalue weighted by Crippen LogP contribution is 2.33. The maximum Gasteiger partial charge on any atom is 0.416 e. The average molecular weight is 294 g/mol. The molecule has 1 unspecified atom stereocenters. The molecule has 1 atom stereocenters. The fraction of sp³-hybridized carbons (Fsp3) is 0.133. The summed E-state index contributed by atoms with van der Waals surface area (Å²) >= 11 is 0. The van der Waals surface area contributed by atoms with Crippen molar-refractivity contribution >= 4 is 17.3 Å². The number of carboxylic acid groups (broad SMARTS) is 1. The monoisotopic (exact) mass is 294 g/mol. The molecule has 0 amide bonds. The maximum absolute atomic E-state index is 12.8. The first-order valence-corrected chi connectivity index (χ1v) is 6.08. The van der Waals surface area contributed by atoms with Gasteiger partial charge in [-0.3, -0.25) is 0 Å². The summed E-state index contributed by atoms with van der Waals surface area (Å²) in [5, 5.41) is 9.89. The summed E-state index contributed by atoms with van der Waals surface area (Å²) in [5.74, 6) is -1.51. The van der Waals surface area contributed by atoms with E-state index in [9.17, 15) is 18.0 Å². The summed E-state index contributed by atoms with van der Waals surface area (Å²) in [6.07, 6.45) is -2.15. The number of fused-ring (bicyclic) bond motifs is 2. The van der Waals surface area contributed by atoms with E-state index in [4.69, 9.17) is 9.84 Å². The predicted octanol–water partition coefficient (Wildman–Crippen LogP) is 1.49. The molecule has 3 nitrogen and oxygen atoms in total. The molecule has 0 aromatic heterocycles. The van der Waals surface area contributed by atoms with E-state index in [1.165, 1.54) is 12.1 Å². The van der Waals surface area contributed by atoms with Crippen LogP contribution in [0, 0.1) is 0 Å². The van der Waals surface area contributed by atoms with Crippen LogP contribution in [0.2, 0.25) is 0 Å². The summed E-state index contributed by atoms with van der Waals surface area (Å²) < 4.78 is 43.7. The van der Waals surface area contributed by atoms with E-state index in [0.29, 0.717) is 10.8 Å². The molecular weight excluding hydrogens is 285 g/mol. The lowest BCUT2D eigenvalue weighted by molar-refractivity contribution is -0.133. The van der Waals surface area contributed by atoms with Crippen LogP contribution in [0.3, 0.4) is 0 Å². The van der Waals surface area contributed by atoms with Crippen LogP contribution in [-0.4, -0.2) is 23.4 Å². The van der Waals surface area contributed by atoms with Crippen LogP contribution in [0.5, 0.6) is 0 Å². The van der Waals surface area contributed by atoms with Gasteiger partial charge < -0.3 is 9.84 Å². The second-order valence-electron chi connectivity index (χ2n) is 4.63. The molecule has 1 heterocycles. The van der Waals surface area contributed by atoms with Crippen LogP contribution < -0.4 is 10.4 Å². The first-order chi connectivity index (χ1) is 9.88. The lowest BCUT2D eigenvalue weighted by Crippen LogP contribution is -2.40. The Balaban J connectivity index is 2.34. The fourth-order valence-corrected chi connectivity index (χ4v) is 2.39. The van der Waals surface area contributed by atoms with Crippen molar-refractivity contribution in [3.05, 3.63) is 58.5 Å². The van der Waals surface area contributed by atoms with Crippen LogP contribution >= 0.6 is 0 Å². The maximum atomic E-state index is 12.8. The SMILES string of the molecule is O=C(O)C1=c2ccccc2=C2C=C(C(F)(F)F)C=CC2O1. The Bertz CT molecular complexity index is 800. The van der Waals surface area contributed by atoms with E-state index in [0.717, 1.165) is 12.2 Å². The topological polar surface area (TPSA) is 46.5 Å². The molecule has 0 radical (unpaired) electrons. The third kappa shape index (κ3) is 2.22. The molecule has 2 aliphatic rings. The molecule has 1 aromatic rings. The van der Waals surface area contributed by atoms with Gasteiger partial charge in [0.2, 0.25) is 5.76 Å². The van der Waals surface area contributed by atoms with Crippen molar-refractivity contribution in [3.63, 3.8) is 0 Å². The van der Waals surface area contributed by atoms with Crippen LogP contribution in [0.15, 0.2) is 48.1 Å². The standard InChI is InChI=1S/C15H9F3O3/c16-15(17,18)8-5-6-12-11(7-8)9-3-1-2-4-10(9)13(21-12)14(19)20/h1-7,12H,(H,19,20). The van der Waals surface area contributed by atoms with Crippen molar-refractivity contribution in [2.24, 2.45) is 0 Å². The quantitative estimate of drug-likeness (QED) is 0.853. The Morgan fingerprint density at radius 1 is 1.19 bits per heavy atom. The summed E-state index contributed by atoms with van der Waals surface area (Å²) in [5.41, 5.74) is -0.476. The van der Waals surface area contributed by atoms with E-state index >= 15 is 0 Å². The molecule has 0 saturated carbocycles.